The number of aryl methyl sites for hydroxylation is 1. The number of fused-ring (bicyclic) bond motifs is 2. The van der Waals surface area contributed by atoms with Crippen molar-refractivity contribution in [3.63, 3.8) is 0 Å². The van der Waals surface area contributed by atoms with Crippen molar-refractivity contribution in [2.24, 2.45) is 0 Å². The van der Waals surface area contributed by atoms with Crippen LogP contribution in [0.15, 0.2) is 36.5 Å². The van der Waals surface area contributed by atoms with Crippen molar-refractivity contribution in [2.45, 2.75) is 51.2 Å². The smallest absolute Gasteiger partial charge is 0.0994 e. The lowest BCUT2D eigenvalue weighted by Crippen LogP contribution is -2.12. The van der Waals surface area contributed by atoms with Gasteiger partial charge in [-0.05, 0) is 73.9 Å². The number of rotatable bonds is 2. The molecule has 1 aromatic heterocycles. The van der Waals surface area contributed by atoms with Crippen LogP contribution in [0.5, 0.6) is 0 Å². The second-order valence-electron chi connectivity index (χ2n) is 8.23. The fourth-order valence-electron chi connectivity index (χ4n) is 4.99. The third kappa shape index (κ3) is 2.70. The van der Waals surface area contributed by atoms with Gasteiger partial charge < -0.3 is 15.0 Å². The van der Waals surface area contributed by atoms with E-state index in [2.05, 4.69) is 52.5 Å². The number of benzene rings is 2. The van der Waals surface area contributed by atoms with Crippen molar-refractivity contribution in [1.82, 2.24) is 4.57 Å². The molecule has 0 bridgehead atoms. The first-order valence-electron chi connectivity index (χ1n) is 10.2. The maximum atomic E-state index is 10.1. The molecule has 5 rings (SSSR count). The van der Waals surface area contributed by atoms with E-state index in [-0.39, 0.29) is 6.10 Å². The Bertz CT molecular complexity index is 1110. The molecule has 2 aliphatic rings. The summed E-state index contributed by atoms with van der Waals surface area (Å²) < 4.78 is 2.35. The molecular formula is C24H25N3O. The minimum atomic E-state index is -0.209. The van der Waals surface area contributed by atoms with Gasteiger partial charge >= 0.3 is 0 Å². The minimum absolute atomic E-state index is 0.209. The van der Waals surface area contributed by atoms with Gasteiger partial charge in [-0.1, -0.05) is 12.1 Å². The summed E-state index contributed by atoms with van der Waals surface area (Å²) in [6.07, 6.45) is 6.93. The number of nitrogens with zero attached hydrogens (tertiary/aromatic N) is 2. The lowest BCUT2D eigenvalue weighted by Gasteiger charge is -2.21. The number of hydrogen-bond acceptors (Lipinski definition) is 3. The summed E-state index contributed by atoms with van der Waals surface area (Å²) in [6, 6.07) is 13.4. The zero-order valence-corrected chi connectivity index (χ0v) is 16.2. The highest BCUT2D eigenvalue weighted by atomic mass is 16.3. The second-order valence-corrected chi connectivity index (χ2v) is 8.23. The van der Waals surface area contributed by atoms with Gasteiger partial charge in [0.2, 0.25) is 0 Å². The van der Waals surface area contributed by atoms with Gasteiger partial charge in [-0.3, -0.25) is 0 Å². The number of hydrogen-bond donors (Lipinski definition) is 2. The maximum Gasteiger partial charge on any atom is 0.0994 e. The van der Waals surface area contributed by atoms with Crippen LogP contribution in [0.1, 0.15) is 48.4 Å². The third-order valence-corrected chi connectivity index (χ3v) is 6.46. The Morgan fingerprint density at radius 1 is 1.21 bits per heavy atom. The molecule has 0 amide bonds. The predicted octanol–water partition coefficient (Wildman–Crippen LogP) is 4.93. The summed E-state index contributed by atoms with van der Waals surface area (Å²) in [5.74, 6) is 0. The molecule has 0 unspecified atom stereocenters. The number of aromatic nitrogens is 1. The Balaban J connectivity index is 1.76. The monoisotopic (exact) mass is 371 g/mol. The lowest BCUT2D eigenvalue weighted by molar-refractivity contribution is 0.178. The molecule has 2 aromatic carbocycles. The Hall–Kier alpha value is -2.77. The summed E-state index contributed by atoms with van der Waals surface area (Å²) in [5.41, 5.74) is 7.99. The van der Waals surface area contributed by atoms with Crippen molar-refractivity contribution in [3.8, 4) is 17.2 Å². The highest BCUT2D eigenvalue weighted by Gasteiger charge is 2.27. The van der Waals surface area contributed by atoms with E-state index < -0.39 is 0 Å². The van der Waals surface area contributed by atoms with Crippen molar-refractivity contribution in [2.75, 3.05) is 11.9 Å². The van der Waals surface area contributed by atoms with E-state index in [0.717, 1.165) is 55.2 Å². The summed E-state index contributed by atoms with van der Waals surface area (Å²) in [7, 11) is 0. The number of nitriles is 1. The van der Waals surface area contributed by atoms with Crippen molar-refractivity contribution < 1.29 is 5.11 Å². The van der Waals surface area contributed by atoms with Gasteiger partial charge in [0, 0.05) is 40.9 Å². The molecule has 4 heteroatoms. The second kappa shape index (κ2) is 6.68. The standard InChI is InChI=1S/C24H25N3O/c1-15-10-24-21(11-16(15)13-25)22(14-27(24)17-7-8-18(28)12-17)19-4-2-6-23-20(19)5-3-9-26-23/h2,4,6,10-11,14,17-18,26,28H,3,5,7-9,12H2,1H3/t17-,18-/m1/s1. The average Bonchev–Trinajstić information content (AvgIpc) is 3.30. The van der Waals surface area contributed by atoms with E-state index in [1.54, 1.807) is 0 Å². The Morgan fingerprint density at radius 2 is 2.11 bits per heavy atom. The van der Waals surface area contributed by atoms with Crippen LogP contribution in [-0.2, 0) is 6.42 Å². The molecule has 4 nitrogen and oxygen atoms in total. The van der Waals surface area contributed by atoms with Gasteiger partial charge in [0.25, 0.3) is 0 Å². The van der Waals surface area contributed by atoms with Crippen LogP contribution in [0.25, 0.3) is 22.0 Å². The maximum absolute atomic E-state index is 10.1. The summed E-state index contributed by atoms with van der Waals surface area (Å²) >= 11 is 0. The Morgan fingerprint density at radius 3 is 2.89 bits per heavy atom. The predicted molar refractivity (Wildman–Crippen MR) is 113 cm³/mol. The molecule has 28 heavy (non-hydrogen) atoms. The molecule has 1 aliphatic carbocycles. The van der Waals surface area contributed by atoms with E-state index >= 15 is 0 Å². The Kier molecular flexibility index (Phi) is 4.14. The summed E-state index contributed by atoms with van der Waals surface area (Å²) in [4.78, 5) is 0. The molecule has 2 heterocycles. The van der Waals surface area contributed by atoms with Crippen LogP contribution in [0.4, 0.5) is 5.69 Å². The normalized spacial score (nSPS) is 21.3. The number of nitrogens with one attached hydrogen (secondary N) is 1. The van der Waals surface area contributed by atoms with Crippen LogP contribution in [0.2, 0.25) is 0 Å². The highest BCUT2D eigenvalue weighted by molar-refractivity contribution is 5.99. The zero-order valence-electron chi connectivity index (χ0n) is 16.2. The molecule has 142 valence electrons. The van der Waals surface area contributed by atoms with Gasteiger partial charge in [0.05, 0.1) is 17.7 Å². The van der Waals surface area contributed by atoms with Crippen LogP contribution < -0.4 is 5.32 Å². The first kappa shape index (κ1) is 17.3. The largest absolute Gasteiger partial charge is 0.393 e. The molecule has 0 spiro atoms. The van der Waals surface area contributed by atoms with Gasteiger partial charge in [-0.15, -0.1) is 0 Å². The van der Waals surface area contributed by atoms with Crippen molar-refractivity contribution in [3.05, 3.63) is 53.2 Å². The lowest BCUT2D eigenvalue weighted by atomic mass is 9.92. The molecule has 0 saturated heterocycles. The van der Waals surface area contributed by atoms with Gasteiger partial charge in [0.1, 0.15) is 0 Å². The molecule has 0 radical (unpaired) electrons. The summed E-state index contributed by atoms with van der Waals surface area (Å²) in [5, 5.41) is 24.3. The average molecular weight is 371 g/mol. The van der Waals surface area contributed by atoms with Crippen LogP contribution in [0.3, 0.4) is 0 Å². The van der Waals surface area contributed by atoms with E-state index in [9.17, 15) is 10.4 Å². The van der Waals surface area contributed by atoms with Crippen molar-refractivity contribution >= 4 is 16.6 Å². The fourth-order valence-corrected chi connectivity index (χ4v) is 4.99. The van der Waals surface area contributed by atoms with Gasteiger partial charge in [-0.2, -0.15) is 5.26 Å². The van der Waals surface area contributed by atoms with E-state index in [1.165, 1.54) is 27.9 Å². The van der Waals surface area contributed by atoms with Crippen LogP contribution in [-0.4, -0.2) is 22.3 Å². The topological polar surface area (TPSA) is 61.0 Å². The zero-order chi connectivity index (χ0) is 19.3. The van der Waals surface area contributed by atoms with E-state index in [0.29, 0.717) is 6.04 Å². The minimum Gasteiger partial charge on any atom is -0.393 e. The van der Waals surface area contributed by atoms with Crippen molar-refractivity contribution in [1.29, 1.82) is 5.26 Å². The number of aliphatic hydroxyl groups is 1. The molecule has 1 fully saturated rings. The molecule has 2 N–H and O–H groups in total. The SMILES string of the molecule is Cc1cc2c(cc1C#N)c(-c1cccc3c1CCCN3)cn2[C@@H]1CC[C@@H](O)C1. The van der Waals surface area contributed by atoms with E-state index in [1.807, 2.05) is 6.92 Å². The van der Waals surface area contributed by atoms with Gasteiger partial charge in [0.15, 0.2) is 0 Å². The first-order chi connectivity index (χ1) is 13.7. The molecule has 1 aliphatic heterocycles. The highest BCUT2D eigenvalue weighted by Crippen LogP contribution is 2.41. The van der Waals surface area contributed by atoms with Crippen LogP contribution >= 0.6 is 0 Å². The molecular weight excluding hydrogens is 346 g/mol. The summed E-state index contributed by atoms with van der Waals surface area (Å²) in [6.45, 7) is 3.03. The molecule has 3 aromatic rings. The quantitative estimate of drug-likeness (QED) is 0.671. The van der Waals surface area contributed by atoms with Crippen LogP contribution in [0, 0.1) is 18.3 Å². The van der Waals surface area contributed by atoms with Gasteiger partial charge in [-0.25, -0.2) is 0 Å². The fraction of sp³-hybridized carbons (Fsp3) is 0.375. The molecule has 1 saturated carbocycles. The Labute approximate surface area is 165 Å². The van der Waals surface area contributed by atoms with E-state index in [4.69, 9.17) is 0 Å². The number of aliphatic hydroxyl groups excluding tert-OH is 1. The molecule has 2 atom stereocenters. The number of anilines is 1. The first-order valence-corrected chi connectivity index (χ1v) is 10.2. The third-order valence-electron chi connectivity index (χ3n) is 6.46.